The van der Waals surface area contributed by atoms with Crippen LogP contribution in [0.25, 0.3) is 27.8 Å². The quantitative estimate of drug-likeness (QED) is 0.572. The van der Waals surface area contributed by atoms with Gasteiger partial charge in [-0.15, -0.1) is 0 Å². The highest BCUT2D eigenvalue weighted by molar-refractivity contribution is 6.07. The maximum absolute atomic E-state index is 5.83. The van der Waals surface area contributed by atoms with Gasteiger partial charge in [0.2, 0.25) is 0 Å². The van der Waals surface area contributed by atoms with E-state index in [1.165, 1.54) is 5.39 Å². The van der Waals surface area contributed by atoms with Crippen LogP contribution in [0, 0.1) is 6.92 Å². The lowest BCUT2D eigenvalue weighted by atomic mass is 10.1. The highest BCUT2D eigenvalue weighted by Crippen LogP contribution is 2.32. The summed E-state index contributed by atoms with van der Waals surface area (Å²) in [4.78, 5) is 0. The van der Waals surface area contributed by atoms with E-state index in [4.69, 9.17) is 4.42 Å². The van der Waals surface area contributed by atoms with Gasteiger partial charge in [-0.2, -0.15) is 0 Å². The lowest BCUT2D eigenvalue weighted by Gasteiger charge is -1.97. The minimum Gasteiger partial charge on any atom is -0.460 e. The highest BCUT2D eigenvalue weighted by Gasteiger charge is 2.10. The standard InChI is InChI=1S/C15H12O/c1-3-12-10(2)16-15-13-7-5-4-6-11(13)8-9-14(12)15/h3-9H,1H2,2H3. The molecule has 1 heteroatoms. The van der Waals surface area contributed by atoms with Gasteiger partial charge < -0.3 is 4.42 Å². The van der Waals surface area contributed by atoms with Crippen molar-refractivity contribution in [1.82, 2.24) is 0 Å². The summed E-state index contributed by atoms with van der Waals surface area (Å²) in [6, 6.07) is 12.5. The summed E-state index contributed by atoms with van der Waals surface area (Å²) in [5.74, 6) is 0.932. The molecule has 0 radical (unpaired) electrons. The Bertz CT molecular complexity index is 689. The molecular formula is C15H12O. The normalized spacial score (nSPS) is 11.1. The van der Waals surface area contributed by atoms with Crippen LogP contribution in [0.3, 0.4) is 0 Å². The van der Waals surface area contributed by atoms with Crippen LogP contribution >= 0.6 is 0 Å². The van der Waals surface area contributed by atoms with Crippen LogP contribution in [-0.4, -0.2) is 0 Å². The molecule has 0 bridgehead atoms. The number of aryl methyl sites for hydroxylation is 1. The van der Waals surface area contributed by atoms with Crippen molar-refractivity contribution >= 4 is 27.8 Å². The molecule has 0 saturated carbocycles. The van der Waals surface area contributed by atoms with Gasteiger partial charge in [-0.05, 0) is 18.4 Å². The third kappa shape index (κ3) is 1.12. The molecule has 1 aromatic heterocycles. The molecule has 3 aromatic rings. The Morgan fingerprint density at radius 1 is 1.06 bits per heavy atom. The number of benzene rings is 2. The summed E-state index contributed by atoms with van der Waals surface area (Å²) >= 11 is 0. The van der Waals surface area contributed by atoms with E-state index in [2.05, 4.69) is 30.8 Å². The van der Waals surface area contributed by atoms with E-state index in [1.807, 2.05) is 25.1 Å². The molecule has 0 fully saturated rings. The van der Waals surface area contributed by atoms with E-state index < -0.39 is 0 Å². The molecule has 2 aromatic carbocycles. The summed E-state index contributed by atoms with van der Waals surface area (Å²) in [6.07, 6.45) is 1.86. The van der Waals surface area contributed by atoms with Gasteiger partial charge in [-0.25, -0.2) is 0 Å². The third-order valence-electron chi connectivity index (χ3n) is 3.01. The van der Waals surface area contributed by atoms with Crippen LogP contribution in [-0.2, 0) is 0 Å². The molecule has 3 rings (SSSR count). The highest BCUT2D eigenvalue weighted by atomic mass is 16.3. The third-order valence-corrected chi connectivity index (χ3v) is 3.01. The SMILES string of the molecule is C=Cc1c(C)oc2c1ccc1ccccc12. The zero-order valence-electron chi connectivity index (χ0n) is 9.16. The van der Waals surface area contributed by atoms with E-state index in [0.717, 1.165) is 27.7 Å². The topological polar surface area (TPSA) is 13.1 Å². The summed E-state index contributed by atoms with van der Waals surface area (Å²) < 4.78 is 5.83. The monoisotopic (exact) mass is 208 g/mol. The first-order valence-corrected chi connectivity index (χ1v) is 5.34. The molecule has 0 saturated heterocycles. The van der Waals surface area contributed by atoms with Crippen molar-refractivity contribution in [2.24, 2.45) is 0 Å². The van der Waals surface area contributed by atoms with Crippen molar-refractivity contribution in [3.8, 4) is 0 Å². The Hall–Kier alpha value is -2.02. The zero-order valence-corrected chi connectivity index (χ0v) is 9.16. The van der Waals surface area contributed by atoms with Gasteiger partial charge in [0.15, 0.2) is 0 Å². The first kappa shape index (κ1) is 9.22. The Balaban J connectivity index is 2.57. The maximum atomic E-state index is 5.83. The van der Waals surface area contributed by atoms with Gasteiger partial charge in [-0.3, -0.25) is 0 Å². The van der Waals surface area contributed by atoms with Crippen molar-refractivity contribution in [1.29, 1.82) is 0 Å². The Kier molecular flexibility index (Phi) is 1.87. The fourth-order valence-electron chi connectivity index (χ4n) is 2.22. The largest absolute Gasteiger partial charge is 0.460 e. The molecule has 0 spiro atoms. The summed E-state index contributed by atoms with van der Waals surface area (Å²) in [7, 11) is 0. The second kappa shape index (κ2) is 3.24. The van der Waals surface area contributed by atoms with Crippen molar-refractivity contribution in [3.05, 3.63) is 54.3 Å². The van der Waals surface area contributed by atoms with Crippen LogP contribution in [0.4, 0.5) is 0 Å². The molecule has 0 aliphatic carbocycles. The average molecular weight is 208 g/mol. The van der Waals surface area contributed by atoms with Crippen molar-refractivity contribution in [2.45, 2.75) is 6.92 Å². The molecule has 0 amide bonds. The molecule has 0 unspecified atom stereocenters. The van der Waals surface area contributed by atoms with E-state index in [0.29, 0.717) is 0 Å². The Morgan fingerprint density at radius 2 is 1.88 bits per heavy atom. The molecular weight excluding hydrogens is 196 g/mol. The molecule has 0 aliphatic rings. The van der Waals surface area contributed by atoms with Crippen molar-refractivity contribution < 1.29 is 4.42 Å². The van der Waals surface area contributed by atoms with E-state index >= 15 is 0 Å². The van der Waals surface area contributed by atoms with E-state index in [-0.39, 0.29) is 0 Å². The van der Waals surface area contributed by atoms with Crippen LogP contribution < -0.4 is 0 Å². The van der Waals surface area contributed by atoms with Crippen molar-refractivity contribution in [2.75, 3.05) is 0 Å². The molecule has 16 heavy (non-hydrogen) atoms. The molecule has 1 heterocycles. The van der Waals surface area contributed by atoms with E-state index in [1.54, 1.807) is 0 Å². The van der Waals surface area contributed by atoms with Crippen LogP contribution in [0.2, 0.25) is 0 Å². The second-order valence-electron chi connectivity index (χ2n) is 3.94. The predicted molar refractivity (Wildman–Crippen MR) is 68.5 cm³/mol. The second-order valence-corrected chi connectivity index (χ2v) is 3.94. The number of rotatable bonds is 1. The maximum Gasteiger partial charge on any atom is 0.142 e. The summed E-state index contributed by atoms with van der Waals surface area (Å²) in [5, 5.41) is 3.52. The summed E-state index contributed by atoms with van der Waals surface area (Å²) in [5.41, 5.74) is 2.06. The fraction of sp³-hybridized carbons (Fsp3) is 0.0667. The number of hydrogen-bond acceptors (Lipinski definition) is 1. The van der Waals surface area contributed by atoms with Gasteiger partial charge in [0.05, 0.1) is 0 Å². The van der Waals surface area contributed by atoms with Crippen molar-refractivity contribution in [3.63, 3.8) is 0 Å². The number of hydrogen-bond donors (Lipinski definition) is 0. The first-order valence-electron chi connectivity index (χ1n) is 5.34. The minimum atomic E-state index is 0.932. The predicted octanol–water partition coefficient (Wildman–Crippen LogP) is 4.54. The molecule has 0 atom stereocenters. The molecule has 0 aliphatic heterocycles. The fourth-order valence-corrected chi connectivity index (χ4v) is 2.22. The van der Waals surface area contributed by atoms with Gasteiger partial charge >= 0.3 is 0 Å². The summed E-state index contributed by atoms with van der Waals surface area (Å²) in [6.45, 7) is 5.81. The Labute approximate surface area is 94.0 Å². The lowest BCUT2D eigenvalue weighted by Crippen LogP contribution is -1.74. The van der Waals surface area contributed by atoms with Gasteiger partial charge in [-0.1, -0.05) is 43.0 Å². The minimum absolute atomic E-state index is 0.932. The van der Waals surface area contributed by atoms with E-state index in [9.17, 15) is 0 Å². The smallest absolute Gasteiger partial charge is 0.142 e. The molecule has 1 nitrogen and oxygen atoms in total. The Morgan fingerprint density at radius 3 is 2.69 bits per heavy atom. The number of furan rings is 1. The van der Waals surface area contributed by atoms with Crippen LogP contribution in [0.5, 0.6) is 0 Å². The average Bonchev–Trinajstić information content (AvgIpc) is 2.65. The zero-order chi connectivity index (χ0) is 11.1. The van der Waals surface area contributed by atoms with Gasteiger partial charge in [0, 0.05) is 16.3 Å². The molecule has 78 valence electrons. The van der Waals surface area contributed by atoms with Crippen LogP contribution in [0.1, 0.15) is 11.3 Å². The lowest BCUT2D eigenvalue weighted by molar-refractivity contribution is 0.580. The van der Waals surface area contributed by atoms with Crippen LogP contribution in [0.15, 0.2) is 47.4 Å². The van der Waals surface area contributed by atoms with Gasteiger partial charge in [0.1, 0.15) is 11.3 Å². The van der Waals surface area contributed by atoms with Gasteiger partial charge in [0.25, 0.3) is 0 Å². The number of fused-ring (bicyclic) bond motifs is 3. The first-order chi connectivity index (χ1) is 7.81. The molecule has 0 N–H and O–H groups in total.